The maximum atomic E-state index is 8.54. The largest absolute Gasteiger partial charge is 0.392 e. The molecule has 0 aliphatic heterocycles. The Morgan fingerprint density at radius 3 is 2.92 bits per heavy atom. The van der Waals surface area contributed by atoms with Gasteiger partial charge in [-0.3, -0.25) is 0 Å². The van der Waals surface area contributed by atoms with Gasteiger partial charge in [-0.15, -0.1) is 11.6 Å². The van der Waals surface area contributed by atoms with Gasteiger partial charge in [-0.1, -0.05) is 36.4 Å². The van der Waals surface area contributed by atoms with Crippen molar-refractivity contribution in [3.63, 3.8) is 0 Å². The SMILES string of the molecule is OCC=Cc1cccc(CCl)c1. The number of hydrogen-bond donors (Lipinski definition) is 1. The van der Waals surface area contributed by atoms with Gasteiger partial charge in [0.25, 0.3) is 0 Å². The van der Waals surface area contributed by atoms with Crippen LogP contribution in [0.5, 0.6) is 0 Å². The summed E-state index contributed by atoms with van der Waals surface area (Å²) in [6, 6.07) is 7.90. The average Bonchev–Trinajstić information content (AvgIpc) is 2.15. The first kappa shape index (κ1) is 9.30. The third-order valence-corrected chi connectivity index (χ3v) is 1.83. The van der Waals surface area contributed by atoms with E-state index in [-0.39, 0.29) is 6.61 Å². The predicted molar refractivity (Wildman–Crippen MR) is 52.1 cm³/mol. The van der Waals surface area contributed by atoms with E-state index in [0.29, 0.717) is 5.88 Å². The van der Waals surface area contributed by atoms with Crippen molar-refractivity contribution in [3.05, 3.63) is 41.5 Å². The summed E-state index contributed by atoms with van der Waals surface area (Å²) in [6.07, 6.45) is 3.57. The molecule has 0 aliphatic rings. The van der Waals surface area contributed by atoms with Crippen LogP contribution in [-0.4, -0.2) is 11.7 Å². The summed E-state index contributed by atoms with van der Waals surface area (Å²) in [7, 11) is 0. The van der Waals surface area contributed by atoms with Crippen LogP contribution in [-0.2, 0) is 5.88 Å². The molecule has 0 aromatic heterocycles. The summed E-state index contributed by atoms with van der Waals surface area (Å²) in [5.74, 6) is 0.529. The van der Waals surface area contributed by atoms with Gasteiger partial charge in [0.05, 0.1) is 6.61 Å². The minimum absolute atomic E-state index is 0.0745. The molecule has 0 fully saturated rings. The molecule has 0 radical (unpaired) electrons. The summed E-state index contributed by atoms with van der Waals surface area (Å²) in [6.45, 7) is 0.0745. The van der Waals surface area contributed by atoms with Crippen LogP contribution in [0.4, 0.5) is 0 Å². The summed E-state index contributed by atoms with van der Waals surface area (Å²) in [5, 5.41) is 8.54. The normalized spacial score (nSPS) is 10.8. The topological polar surface area (TPSA) is 20.2 Å². The summed E-state index contributed by atoms with van der Waals surface area (Å²) in [4.78, 5) is 0. The standard InChI is InChI=1S/C10H11ClO/c11-8-10-4-1-3-9(7-10)5-2-6-12/h1-5,7,12H,6,8H2. The molecule has 0 saturated carbocycles. The first-order valence-corrected chi connectivity index (χ1v) is 4.32. The molecule has 12 heavy (non-hydrogen) atoms. The molecule has 2 heteroatoms. The minimum atomic E-state index is 0.0745. The zero-order valence-electron chi connectivity index (χ0n) is 6.70. The van der Waals surface area contributed by atoms with Gasteiger partial charge in [-0.25, -0.2) is 0 Å². The lowest BCUT2D eigenvalue weighted by atomic mass is 10.1. The number of aliphatic hydroxyl groups is 1. The Hall–Kier alpha value is -0.790. The first-order chi connectivity index (χ1) is 5.86. The Morgan fingerprint density at radius 2 is 2.25 bits per heavy atom. The van der Waals surface area contributed by atoms with Gasteiger partial charge in [-0.05, 0) is 11.1 Å². The van der Waals surface area contributed by atoms with Crippen molar-refractivity contribution in [1.29, 1.82) is 0 Å². The molecule has 1 nitrogen and oxygen atoms in total. The second-order valence-corrected chi connectivity index (χ2v) is 2.73. The highest BCUT2D eigenvalue weighted by molar-refractivity contribution is 6.17. The summed E-state index contributed by atoms with van der Waals surface area (Å²) < 4.78 is 0. The molecule has 0 saturated heterocycles. The molecule has 1 aromatic rings. The van der Waals surface area contributed by atoms with Crippen LogP contribution in [0, 0.1) is 0 Å². The van der Waals surface area contributed by atoms with E-state index in [0.717, 1.165) is 11.1 Å². The van der Waals surface area contributed by atoms with Crippen molar-refractivity contribution >= 4 is 17.7 Å². The van der Waals surface area contributed by atoms with E-state index in [4.69, 9.17) is 16.7 Å². The fraction of sp³-hybridized carbons (Fsp3) is 0.200. The number of rotatable bonds is 3. The lowest BCUT2D eigenvalue weighted by Gasteiger charge is -1.96. The molecule has 1 rings (SSSR count). The molecular formula is C10H11ClO. The quantitative estimate of drug-likeness (QED) is 0.712. The van der Waals surface area contributed by atoms with Crippen molar-refractivity contribution in [1.82, 2.24) is 0 Å². The number of benzene rings is 1. The monoisotopic (exact) mass is 182 g/mol. The van der Waals surface area contributed by atoms with Gasteiger partial charge in [0.2, 0.25) is 0 Å². The van der Waals surface area contributed by atoms with E-state index in [1.165, 1.54) is 0 Å². The minimum Gasteiger partial charge on any atom is -0.392 e. The van der Waals surface area contributed by atoms with Gasteiger partial charge in [0.1, 0.15) is 0 Å². The Balaban J connectivity index is 2.79. The average molecular weight is 183 g/mol. The molecule has 1 aromatic carbocycles. The van der Waals surface area contributed by atoms with E-state index in [9.17, 15) is 0 Å². The van der Waals surface area contributed by atoms with E-state index >= 15 is 0 Å². The second-order valence-electron chi connectivity index (χ2n) is 2.46. The third kappa shape index (κ3) is 2.68. The van der Waals surface area contributed by atoms with Crippen molar-refractivity contribution in [3.8, 4) is 0 Å². The highest BCUT2D eigenvalue weighted by Crippen LogP contribution is 2.08. The third-order valence-electron chi connectivity index (χ3n) is 1.52. The highest BCUT2D eigenvalue weighted by atomic mass is 35.5. The maximum absolute atomic E-state index is 8.54. The van der Waals surface area contributed by atoms with Gasteiger partial charge < -0.3 is 5.11 Å². The maximum Gasteiger partial charge on any atom is 0.0615 e. The lowest BCUT2D eigenvalue weighted by molar-refractivity contribution is 0.343. The molecule has 0 atom stereocenters. The smallest absolute Gasteiger partial charge is 0.0615 e. The molecule has 0 aliphatic carbocycles. The molecule has 0 heterocycles. The van der Waals surface area contributed by atoms with E-state index in [1.54, 1.807) is 6.08 Å². The van der Waals surface area contributed by atoms with Crippen LogP contribution in [0.3, 0.4) is 0 Å². The van der Waals surface area contributed by atoms with Crippen LogP contribution in [0.15, 0.2) is 30.3 Å². The summed E-state index contributed by atoms with van der Waals surface area (Å²) >= 11 is 5.66. The molecule has 64 valence electrons. The molecule has 0 bridgehead atoms. The highest BCUT2D eigenvalue weighted by Gasteiger charge is 1.89. The zero-order chi connectivity index (χ0) is 8.81. The molecule has 0 unspecified atom stereocenters. The van der Waals surface area contributed by atoms with E-state index in [1.807, 2.05) is 30.3 Å². The van der Waals surface area contributed by atoms with Gasteiger partial charge in [-0.2, -0.15) is 0 Å². The van der Waals surface area contributed by atoms with Crippen molar-refractivity contribution in [2.75, 3.05) is 6.61 Å². The van der Waals surface area contributed by atoms with Crippen LogP contribution < -0.4 is 0 Å². The first-order valence-electron chi connectivity index (χ1n) is 3.79. The fourth-order valence-electron chi connectivity index (χ4n) is 0.969. The van der Waals surface area contributed by atoms with E-state index < -0.39 is 0 Å². The van der Waals surface area contributed by atoms with Gasteiger partial charge >= 0.3 is 0 Å². The van der Waals surface area contributed by atoms with Gasteiger partial charge in [0.15, 0.2) is 0 Å². The summed E-state index contributed by atoms with van der Waals surface area (Å²) in [5.41, 5.74) is 2.17. The lowest BCUT2D eigenvalue weighted by Crippen LogP contribution is -1.79. The zero-order valence-corrected chi connectivity index (χ0v) is 7.46. The Kier molecular flexibility index (Phi) is 3.85. The second kappa shape index (κ2) is 4.96. The Morgan fingerprint density at radius 1 is 1.42 bits per heavy atom. The van der Waals surface area contributed by atoms with Crippen LogP contribution >= 0.6 is 11.6 Å². The Labute approximate surface area is 77.3 Å². The van der Waals surface area contributed by atoms with Crippen LogP contribution in [0.2, 0.25) is 0 Å². The van der Waals surface area contributed by atoms with Crippen molar-refractivity contribution in [2.45, 2.75) is 5.88 Å². The van der Waals surface area contributed by atoms with Gasteiger partial charge in [0, 0.05) is 5.88 Å². The number of aliphatic hydroxyl groups excluding tert-OH is 1. The van der Waals surface area contributed by atoms with Crippen LogP contribution in [0.1, 0.15) is 11.1 Å². The molecular weight excluding hydrogens is 172 g/mol. The van der Waals surface area contributed by atoms with Crippen molar-refractivity contribution in [2.24, 2.45) is 0 Å². The number of alkyl halides is 1. The van der Waals surface area contributed by atoms with E-state index in [2.05, 4.69) is 0 Å². The predicted octanol–water partition coefficient (Wildman–Crippen LogP) is 2.43. The molecule has 0 amide bonds. The molecule has 0 spiro atoms. The van der Waals surface area contributed by atoms with Crippen molar-refractivity contribution < 1.29 is 5.11 Å². The number of halogens is 1. The van der Waals surface area contributed by atoms with Crippen LogP contribution in [0.25, 0.3) is 6.08 Å². The number of hydrogen-bond acceptors (Lipinski definition) is 1. The fourth-order valence-corrected chi connectivity index (χ4v) is 1.13. The Bertz CT molecular complexity index is 268. The molecule has 1 N–H and O–H groups in total.